The molecule has 3 rings (SSSR count). The van der Waals surface area contributed by atoms with Gasteiger partial charge in [-0.1, -0.05) is 24.3 Å². The van der Waals surface area contributed by atoms with Gasteiger partial charge in [0, 0.05) is 38.2 Å². The third kappa shape index (κ3) is 6.65. The molecule has 8 heteroatoms. The molecular formula is C22H27F2IN4O. The predicted octanol–water partition coefficient (Wildman–Crippen LogP) is 3.96. The molecular weight excluding hydrogens is 501 g/mol. The molecule has 2 aromatic carbocycles. The van der Waals surface area contributed by atoms with Crippen LogP contribution in [-0.2, 0) is 24.4 Å². The Labute approximate surface area is 193 Å². The first-order chi connectivity index (χ1) is 14.1. The quantitative estimate of drug-likeness (QED) is 0.325. The zero-order chi connectivity index (χ0) is 20.6. The number of hydrogen-bond acceptors (Lipinski definition) is 2. The van der Waals surface area contributed by atoms with Crippen molar-refractivity contribution < 1.29 is 13.6 Å². The highest BCUT2D eigenvalue weighted by Crippen LogP contribution is 2.17. The minimum Gasteiger partial charge on any atom is -0.357 e. The Morgan fingerprint density at radius 3 is 2.57 bits per heavy atom. The maximum Gasteiger partial charge on any atom is 0.222 e. The Hall–Kier alpha value is -2.23. The topological polar surface area (TPSA) is 56.7 Å². The van der Waals surface area contributed by atoms with E-state index in [9.17, 15) is 13.6 Å². The largest absolute Gasteiger partial charge is 0.357 e. The van der Waals surface area contributed by atoms with Crippen LogP contribution in [0.5, 0.6) is 0 Å². The van der Waals surface area contributed by atoms with Gasteiger partial charge >= 0.3 is 0 Å². The van der Waals surface area contributed by atoms with Gasteiger partial charge in [-0.25, -0.2) is 13.8 Å². The van der Waals surface area contributed by atoms with Gasteiger partial charge < -0.3 is 15.5 Å². The van der Waals surface area contributed by atoms with E-state index in [2.05, 4.69) is 15.6 Å². The number of guanidine groups is 1. The van der Waals surface area contributed by atoms with Gasteiger partial charge in [0.15, 0.2) is 5.96 Å². The Morgan fingerprint density at radius 1 is 1.10 bits per heavy atom. The normalized spacial score (nSPS) is 13.9. The number of rotatable bonds is 7. The van der Waals surface area contributed by atoms with Crippen molar-refractivity contribution in [2.75, 3.05) is 13.1 Å². The van der Waals surface area contributed by atoms with E-state index in [0.717, 1.165) is 42.3 Å². The highest BCUT2D eigenvalue weighted by Gasteiger charge is 2.20. The highest BCUT2D eigenvalue weighted by atomic mass is 127. The zero-order valence-corrected chi connectivity index (χ0v) is 19.3. The number of benzene rings is 2. The second-order valence-corrected chi connectivity index (χ2v) is 6.97. The lowest BCUT2D eigenvalue weighted by atomic mass is 10.1. The summed E-state index contributed by atoms with van der Waals surface area (Å²) in [6.45, 7) is 4.51. The van der Waals surface area contributed by atoms with Crippen molar-refractivity contribution >= 4 is 35.8 Å². The van der Waals surface area contributed by atoms with Crippen LogP contribution in [0.2, 0.25) is 0 Å². The van der Waals surface area contributed by atoms with E-state index in [-0.39, 0.29) is 42.0 Å². The second kappa shape index (κ2) is 11.8. The Balaban J connectivity index is 0.00000320. The Bertz CT molecular complexity index is 891. The Morgan fingerprint density at radius 2 is 1.87 bits per heavy atom. The van der Waals surface area contributed by atoms with E-state index in [1.165, 1.54) is 0 Å². The van der Waals surface area contributed by atoms with Crippen LogP contribution in [0.25, 0.3) is 0 Å². The van der Waals surface area contributed by atoms with E-state index >= 15 is 0 Å². The molecule has 162 valence electrons. The summed E-state index contributed by atoms with van der Waals surface area (Å²) in [6.07, 6.45) is 1.53. The molecule has 1 saturated heterocycles. The molecule has 1 amide bonds. The molecule has 5 nitrogen and oxygen atoms in total. The van der Waals surface area contributed by atoms with E-state index in [1.54, 1.807) is 0 Å². The van der Waals surface area contributed by atoms with Crippen molar-refractivity contribution in [2.45, 2.75) is 39.4 Å². The van der Waals surface area contributed by atoms with Crippen LogP contribution in [0.1, 0.15) is 36.5 Å². The molecule has 1 aliphatic heterocycles. The van der Waals surface area contributed by atoms with E-state index in [1.807, 2.05) is 36.1 Å². The van der Waals surface area contributed by atoms with E-state index in [0.29, 0.717) is 32.0 Å². The van der Waals surface area contributed by atoms with Crippen LogP contribution in [0.3, 0.4) is 0 Å². The van der Waals surface area contributed by atoms with Crippen molar-refractivity contribution in [2.24, 2.45) is 4.99 Å². The van der Waals surface area contributed by atoms with Gasteiger partial charge in [0.1, 0.15) is 11.6 Å². The highest BCUT2D eigenvalue weighted by molar-refractivity contribution is 14.0. The average Bonchev–Trinajstić information content (AvgIpc) is 3.12. The average molecular weight is 528 g/mol. The first kappa shape index (κ1) is 24.0. The molecule has 1 fully saturated rings. The SMILES string of the molecule is CCNC(=NCc1cc(F)ccc1F)NCc1ccccc1CN1CCCC1=O.I. The summed E-state index contributed by atoms with van der Waals surface area (Å²) in [5.74, 6) is -0.255. The standard InChI is InChI=1S/C22H26F2N4O.HI/c1-2-25-22(27-14-18-12-19(23)9-10-20(18)24)26-13-16-6-3-4-7-17(16)15-28-11-5-8-21(28)29;/h3-4,6-7,9-10,12H,2,5,8,11,13-15H2,1H3,(H2,25,26,27);1H. The van der Waals surface area contributed by atoms with Gasteiger partial charge in [-0.3, -0.25) is 4.79 Å². The summed E-state index contributed by atoms with van der Waals surface area (Å²) in [6, 6.07) is 11.3. The molecule has 1 heterocycles. The number of nitrogens with one attached hydrogen (secondary N) is 2. The number of amides is 1. The number of hydrogen-bond donors (Lipinski definition) is 2. The molecule has 0 bridgehead atoms. The van der Waals surface area contributed by atoms with Crippen LogP contribution in [0.15, 0.2) is 47.5 Å². The van der Waals surface area contributed by atoms with E-state index < -0.39 is 11.6 Å². The summed E-state index contributed by atoms with van der Waals surface area (Å²) in [7, 11) is 0. The van der Waals surface area contributed by atoms with Crippen LogP contribution in [0.4, 0.5) is 8.78 Å². The number of aliphatic imine (C=N–C) groups is 1. The number of likely N-dealkylation sites (tertiary alicyclic amines) is 1. The summed E-state index contributed by atoms with van der Waals surface area (Å²) >= 11 is 0. The third-order valence-corrected chi connectivity index (χ3v) is 4.86. The fourth-order valence-corrected chi connectivity index (χ4v) is 3.31. The van der Waals surface area contributed by atoms with Gasteiger partial charge in [-0.05, 0) is 42.7 Å². The molecule has 0 unspecified atom stereocenters. The smallest absolute Gasteiger partial charge is 0.222 e. The van der Waals surface area contributed by atoms with Crippen LogP contribution >= 0.6 is 24.0 Å². The number of carbonyl (C=O) groups excluding carboxylic acids is 1. The third-order valence-electron chi connectivity index (χ3n) is 4.86. The van der Waals surface area contributed by atoms with Crippen LogP contribution in [0, 0.1) is 11.6 Å². The molecule has 2 aromatic rings. The van der Waals surface area contributed by atoms with E-state index in [4.69, 9.17) is 0 Å². The molecule has 0 aliphatic carbocycles. The zero-order valence-electron chi connectivity index (χ0n) is 17.0. The van der Waals surface area contributed by atoms with Crippen molar-refractivity contribution in [3.8, 4) is 0 Å². The minimum atomic E-state index is -0.486. The lowest BCUT2D eigenvalue weighted by Crippen LogP contribution is -2.37. The lowest BCUT2D eigenvalue weighted by molar-refractivity contribution is -0.128. The number of nitrogens with zero attached hydrogens (tertiary/aromatic N) is 2. The maximum absolute atomic E-state index is 13.8. The predicted molar refractivity (Wildman–Crippen MR) is 125 cm³/mol. The fourth-order valence-electron chi connectivity index (χ4n) is 3.31. The monoisotopic (exact) mass is 528 g/mol. The summed E-state index contributed by atoms with van der Waals surface area (Å²) in [5.41, 5.74) is 2.35. The van der Waals surface area contributed by atoms with Gasteiger partial charge in [0.2, 0.25) is 5.91 Å². The molecule has 0 radical (unpaired) electrons. The molecule has 1 aliphatic rings. The Kier molecular flexibility index (Phi) is 9.48. The number of carbonyl (C=O) groups is 1. The second-order valence-electron chi connectivity index (χ2n) is 6.97. The van der Waals surface area contributed by atoms with Crippen molar-refractivity contribution in [3.05, 3.63) is 70.8 Å². The van der Waals surface area contributed by atoms with Crippen LogP contribution in [-0.4, -0.2) is 29.9 Å². The lowest BCUT2D eigenvalue weighted by Gasteiger charge is -2.19. The van der Waals surface area contributed by atoms with Gasteiger partial charge in [0.05, 0.1) is 6.54 Å². The molecule has 2 N–H and O–H groups in total. The molecule has 0 spiro atoms. The summed E-state index contributed by atoms with van der Waals surface area (Å²) in [5, 5.41) is 6.35. The fraction of sp³-hybridized carbons (Fsp3) is 0.364. The van der Waals surface area contributed by atoms with Crippen molar-refractivity contribution in [1.82, 2.24) is 15.5 Å². The molecule has 0 aromatic heterocycles. The summed E-state index contributed by atoms with van der Waals surface area (Å²) in [4.78, 5) is 18.2. The maximum atomic E-state index is 13.8. The molecule has 0 saturated carbocycles. The van der Waals surface area contributed by atoms with Crippen molar-refractivity contribution in [3.63, 3.8) is 0 Å². The molecule has 30 heavy (non-hydrogen) atoms. The number of halogens is 3. The first-order valence-corrected chi connectivity index (χ1v) is 9.87. The summed E-state index contributed by atoms with van der Waals surface area (Å²) < 4.78 is 27.2. The van der Waals surface area contributed by atoms with Gasteiger partial charge in [-0.2, -0.15) is 0 Å². The van der Waals surface area contributed by atoms with Crippen molar-refractivity contribution in [1.29, 1.82) is 0 Å². The van der Waals surface area contributed by atoms with Gasteiger partial charge in [0.25, 0.3) is 0 Å². The van der Waals surface area contributed by atoms with Gasteiger partial charge in [-0.15, -0.1) is 24.0 Å². The molecule has 0 atom stereocenters. The van der Waals surface area contributed by atoms with Crippen LogP contribution < -0.4 is 10.6 Å². The first-order valence-electron chi connectivity index (χ1n) is 9.87. The minimum absolute atomic E-state index is 0.